The topological polar surface area (TPSA) is 58.4 Å². The Balaban J connectivity index is 1.69. The summed E-state index contributed by atoms with van der Waals surface area (Å²) >= 11 is 0.317. The monoisotopic (exact) mass is 693 g/mol. The Bertz CT molecular complexity index is 2370. The van der Waals surface area contributed by atoms with Crippen LogP contribution in [-0.4, -0.2) is 51.4 Å². The average molecular weight is 694 g/mol. The van der Waals surface area contributed by atoms with Gasteiger partial charge < -0.3 is 14.4 Å². The summed E-state index contributed by atoms with van der Waals surface area (Å²) in [7, 11) is 0. The number of hydrogen-bond acceptors (Lipinski definition) is 5. The lowest BCUT2D eigenvalue weighted by Gasteiger charge is -2.28. The van der Waals surface area contributed by atoms with E-state index in [1.165, 1.54) is 36.4 Å². The molecule has 0 fully saturated rings. The van der Waals surface area contributed by atoms with Crippen molar-refractivity contribution >= 4 is 17.7 Å². The molecule has 1 aliphatic rings. The first-order valence-corrected chi connectivity index (χ1v) is 15.9. The number of amides is 1. The first-order chi connectivity index (χ1) is 28.0. The number of halogens is 4. The van der Waals surface area contributed by atoms with Crippen molar-refractivity contribution in [2.45, 2.75) is 63.6 Å². The second kappa shape index (κ2) is 15.5. The number of carbonyl (C=O) groups is 1. The van der Waals surface area contributed by atoms with Gasteiger partial charge in [-0.25, -0.2) is 4.39 Å². The van der Waals surface area contributed by atoms with Crippen LogP contribution >= 0.6 is 11.8 Å². The van der Waals surface area contributed by atoms with Gasteiger partial charge in [-0.1, -0.05) is 81.0 Å². The van der Waals surface area contributed by atoms with Crippen LogP contribution in [0.1, 0.15) is 66.5 Å². The molecule has 5 rings (SSSR count). The van der Waals surface area contributed by atoms with Crippen LogP contribution in [0.5, 0.6) is 0 Å². The number of thioether (sulfide) groups is 1. The molecule has 1 amide bonds. The summed E-state index contributed by atoms with van der Waals surface area (Å²) in [4.78, 5) is 34.7. The molecule has 0 N–H and O–H groups in total. The Morgan fingerprint density at radius 1 is 1.02 bits per heavy atom. The molecule has 11 heteroatoms. The van der Waals surface area contributed by atoms with Crippen molar-refractivity contribution in [2.75, 3.05) is 26.2 Å². The van der Waals surface area contributed by atoms with Crippen molar-refractivity contribution in [1.29, 1.82) is 0 Å². The molecule has 1 aromatic heterocycles. The molecule has 0 saturated carbocycles. The molecule has 0 saturated heterocycles. The highest BCUT2D eigenvalue weighted by Gasteiger charge is 2.30. The molecular weight excluding hydrogens is 640 g/mol. The molecule has 1 atom stereocenters. The third kappa shape index (κ3) is 8.73. The van der Waals surface area contributed by atoms with Crippen molar-refractivity contribution in [3.63, 3.8) is 0 Å². The molecule has 254 valence electrons. The van der Waals surface area contributed by atoms with E-state index in [0.29, 0.717) is 40.9 Å². The van der Waals surface area contributed by atoms with E-state index in [2.05, 4.69) is 4.98 Å². The zero-order chi connectivity index (χ0) is 46.0. The highest BCUT2D eigenvalue weighted by atomic mass is 32.2. The summed E-state index contributed by atoms with van der Waals surface area (Å²) in [6.45, 7) is -1.84. The fraction of sp³-hybridized carbons (Fsp3) is 0.378. The van der Waals surface area contributed by atoms with Crippen LogP contribution in [0.25, 0.3) is 11.1 Å². The molecule has 0 bridgehead atoms. The summed E-state index contributed by atoms with van der Waals surface area (Å²) in [5, 5.41) is -0.842. The van der Waals surface area contributed by atoms with Crippen LogP contribution in [0.3, 0.4) is 0 Å². The van der Waals surface area contributed by atoms with E-state index >= 15 is 0 Å². The lowest BCUT2D eigenvalue weighted by molar-refractivity contribution is -0.137. The van der Waals surface area contributed by atoms with E-state index in [-0.39, 0.29) is 16.7 Å². The molecule has 48 heavy (non-hydrogen) atoms. The van der Waals surface area contributed by atoms with Crippen LogP contribution in [0, 0.1) is 11.7 Å². The largest absolute Gasteiger partial charge is 0.416 e. The van der Waals surface area contributed by atoms with Gasteiger partial charge in [0.1, 0.15) is 12.3 Å². The van der Waals surface area contributed by atoms with Crippen molar-refractivity contribution < 1.29 is 40.2 Å². The predicted molar refractivity (Wildman–Crippen MR) is 181 cm³/mol. The summed E-state index contributed by atoms with van der Waals surface area (Å²) < 4.78 is 168. The molecule has 0 aliphatic heterocycles. The van der Waals surface area contributed by atoms with Crippen LogP contribution in [0.4, 0.5) is 17.6 Å². The number of hydrogen-bond donors (Lipinski definition) is 0. The van der Waals surface area contributed by atoms with Crippen LogP contribution < -0.4 is 5.56 Å². The van der Waals surface area contributed by atoms with Gasteiger partial charge in [0, 0.05) is 43.5 Å². The number of aromatic nitrogens is 2. The predicted octanol–water partition coefficient (Wildman–Crippen LogP) is 7.47. The zero-order valence-electron chi connectivity index (χ0n) is 39.2. The van der Waals surface area contributed by atoms with Gasteiger partial charge in [-0.05, 0) is 78.2 Å². The summed E-state index contributed by atoms with van der Waals surface area (Å²) in [6, 6.07) is 5.69. The van der Waals surface area contributed by atoms with Crippen LogP contribution in [0.2, 0.25) is 0 Å². The molecular formula is C37H40F4N4O2S. The van der Waals surface area contributed by atoms with Crippen LogP contribution in [-0.2, 0) is 42.5 Å². The average Bonchev–Trinajstić information content (AvgIpc) is 3.30. The molecule has 1 heterocycles. The summed E-state index contributed by atoms with van der Waals surface area (Å²) in [5.74, 6) is -6.68. The number of rotatable bonds is 13. The van der Waals surface area contributed by atoms with E-state index in [4.69, 9.17) is 12.3 Å². The number of carbonyl (C=O) groups excluding carboxylic acids is 1. The van der Waals surface area contributed by atoms with Gasteiger partial charge in [-0.3, -0.25) is 9.59 Å². The second-order valence-electron chi connectivity index (χ2n) is 10.6. The maximum absolute atomic E-state index is 14.9. The van der Waals surface area contributed by atoms with Gasteiger partial charge in [0.05, 0.1) is 16.5 Å². The molecule has 6 nitrogen and oxygen atoms in total. The Labute approximate surface area is 301 Å². The van der Waals surface area contributed by atoms with E-state index in [9.17, 15) is 32.6 Å². The van der Waals surface area contributed by atoms with Crippen molar-refractivity contribution in [2.24, 2.45) is 5.89 Å². The first kappa shape index (κ1) is 21.9. The van der Waals surface area contributed by atoms with E-state index in [1.54, 1.807) is 18.7 Å². The smallest absolute Gasteiger partial charge is 0.336 e. The minimum absolute atomic E-state index is 0.0255. The number of nitrogens with zero attached hydrogens (tertiary/aromatic N) is 4. The summed E-state index contributed by atoms with van der Waals surface area (Å²) in [6.07, 6.45) is -11.0. The van der Waals surface area contributed by atoms with Gasteiger partial charge in [-0.15, -0.1) is 0 Å². The number of benzene rings is 3. The lowest BCUT2D eigenvalue weighted by Crippen LogP contribution is -2.40. The Kier molecular flexibility index (Phi) is 7.07. The SMILES string of the molecule is [2H]c1c([2H])c(CSc2nc(=O)c3c(n2C([2H])([2H])C(=O)N(CCN(CC)CC)C([2H])([2H])c2ccc(-c4ccc(C(F)(F)F)cc4)cc2)C([2H])([2H])C([2H])(C)C3([2H])[2H])c([2H])c([2H])c1F. The van der Waals surface area contributed by atoms with Gasteiger partial charge in [0.25, 0.3) is 5.56 Å². The maximum atomic E-state index is 14.9. The van der Waals surface area contributed by atoms with E-state index in [0.717, 1.165) is 19.1 Å². The normalized spacial score (nSPS) is 22.5. The molecule has 1 aliphatic carbocycles. The van der Waals surface area contributed by atoms with Crippen molar-refractivity contribution in [3.8, 4) is 11.1 Å². The number of alkyl halides is 3. The molecule has 1 unspecified atom stereocenters. The van der Waals surface area contributed by atoms with Crippen molar-refractivity contribution in [1.82, 2.24) is 19.4 Å². The van der Waals surface area contributed by atoms with Crippen molar-refractivity contribution in [3.05, 3.63) is 117 Å². The Morgan fingerprint density at radius 2 is 1.65 bits per heavy atom. The minimum Gasteiger partial charge on any atom is -0.336 e. The molecule has 3 aromatic carbocycles. The fourth-order valence-corrected chi connectivity index (χ4v) is 5.58. The van der Waals surface area contributed by atoms with E-state index < -0.39 is 119 Å². The third-order valence-electron chi connectivity index (χ3n) is 7.35. The quantitative estimate of drug-likeness (QED) is 0.0827. The zero-order valence-corrected chi connectivity index (χ0v) is 27.0. The summed E-state index contributed by atoms with van der Waals surface area (Å²) in [5.41, 5.74) is -4.45. The lowest BCUT2D eigenvalue weighted by atomic mass is 10.0. The second-order valence-corrected chi connectivity index (χ2v) is 11.5. The van der Waals surface area contributed by atoms with Gasteiger partial charge in [0.15, 0.2) is 5.16 Å². The highest BCUT2D eigenvalue weighted by molar-refractivity contribution is 7.98. The standard InChI is InChI=1S/C37H40F4N4O2S/c1-4-43(5-2)18-19-44(22-26-6-10-28(11-7-26)29-12-14-30(15-13-29)37(39,40)41)34(46)23-45-33-21-25(3)20-32(33)35(47)42-36(45)48-24-27-8-16-31(38)17-9-27/h6-17,25H,4-5,18-24H2,1-3H3/i8D,9D,16D,17D,20D2,21D2,22D2,23D2,25D. The van der Waals surface area contributed by atoms with E-state index in [1.807, 2.05) is 0 Å². The number of likely N-dealkylation sites (N-methyl/N-ethyl adjacent to an activating group) is 1. The molecule has 4 aromatic rings. The van der Waals surface area contributed by atoms with Gasteiger partial charge >= 0.3 is 6.18 Å². The molecule has 0 spiro atoms. The van der Waals surface area contributed by atoms with Gasteiger partial charge in [-0.2, -0.15) is 18.2 Å². The van der Waals surface area contributed by atoms with Gasteiger partial charge in [0.2, 0.25) is 5.91 Å². The fourth-order valence-electron chi connectivity index (χ4n) is 4.75. The Hall–Kier alpha value is -3.96. The molecule has 0 radical (unpaired) electrons. The van der Waals surface area contributed by atoms with Crippen LogP contribution in [0.15, 0.2) is 82.7 Å². The number of fused-ring (bicyclic) bond motifs is 1. The third-order valence-corrected chi connectivity index (χ3v) is 8.32. The highest BCUT2D eigenvalue weighted by Crippen LogP contribution is 2.32. The maximum Gasteiger partial charge on any atom is 0.416 e. The Morgan fingerprint density at radius 3 is 2.25 bits per heavy atom. The first-order valence-electron chi connectivity index (χ1n) is 21.4. The minimum atomic E-state index is -4.58.